The summed E-state index contributed by atoms with van der Waals surface area (Å²) in [6.45, 7) is 5.43. The van der Waals surface area contributed by atoms with Crippen LogP contribution in [0.3, 0.4) is 0 Å². The summed E-state index contributed by atoms with van der Waals surface area (Å²) in [6, 6.07) is 7.88. The molecule has 0 bridgehead atoms. The summed E-state index contributed by atoms with van der Waals surface area (Å²) >= 11 is 0. The maximum Gasteiger partial charge on any atom is 0.253 e. The molecule has 1 unspecified atom stereocenters. The highest BCUT2D eigenvalue weighted by molar-refractivity contribution is 5.94. The lowest BCUT2D eigenvalue weighted by Crippen LogP contribution is -2.57. The Hall–Kier alpha value is -1.88. The second kappa shape index (κ2) is 6.48. The van der Waals surface area contributed by atoms with Crippen LogP contribution < -0.4 is 5.32 Å². The lowest BCUT2D eigenvalue weighted by Gasteiger charge is -2.41. The van der Waals surface area contributed by atoms with Crippen molar-refractivity contribution in [1.82, 2.24) is 15.1 Å². The fourth-order valence-electron chi connectivity index (χ4n) is 3.36. The van der Waals surface area contributed by atoms with Crippen LogP contribution in [0.15, 0.2) is 24.3 Å². The quantitative estimate of drug-likeness (QED) is 0.888. The molecular formula is C17H23N3O2. The third kappa shape index (κ3) is 3.14. The second-order valence-electron chi connectivity index (χ2n) is 6.18. The molecule has 1 aromatic carbocycles. The van der Waals surface area contributed by atoms with Crippen molar-refractivity contribution in [3.63, 3.8) is 0 Å². The van der Waals surface area contributed by atoms with Gasteiger partial charge in [-0.3, -0.25) is 9.59 Å². The number of benzene rings is 1. The molecule has 0 aromatic heterocycles. The first-order valence-electron chi connectivity index (χ1n) is 8.01. The maximum absolute atomic E-state index is 12.7. The summed E-state index contributed by atoms with van der Waals surface area (Å²) in [5, 5.41) is 3.10. The van der Waals surface area contributed by atoms with Gasteiger partial charge in [-0.05, 0) is 31.9 Å². The van der Waals surface area contributed by atoms with E-state index in [1.807, 2.05) is 41.0 Å². The normalized spacial score (nSPS) is 22.8. The first-order chi connectivity index (χ1) is 10.6. The van der Waals surface area contributed by atoms with Gasteiger partial charge in [0.1, 0.15) is 0 Å². The van der Waals surface area contributed by atoms with E-state index in [0.29, 0.717) is 13.1 Å². The molecular weight excluding hydrogens is 278 g/mol. The number of carbonyl (C=O) groups excluding carboxylic acids is 2. The molecule has 0 spiro atoms. The van der Waals surface area contributed by atoms with Gasteiger partial charge in [-0.15, -0.1) is 0 Å². The van der Waals surface area contributed by atoms with Gasteiger partial charge in [-0.2, -0.15) is 0 Å². The lowest BCUT2D eigenvalue weighted by molar-refractivity contribution is -0.135. The fraction of sp³-hybridized carbons (Fsp3) is 0.529. The summed E-state index contributed by atoms with van der Waals surface area (Å²) in [5.41, 5.74) is 1.84. The molecule has 22 heavy (non-hydrogen) atoms. The van der Waals surface area contributed by atoms with Crippen molar-refractivity contribution in [3.8, 4) is 0 Å². The van der Waals surface area contributed by atoms with Gasteiger partial charge in [0.2, 0.25) is 5.91 Å². The molecule has 118 valence electrons. The molecule has 5 nitrogen and oxygen atoms in total. The van der Waals surface area contributed by atoms with E-state index < -0.39 is 0 Å². The zero-order valence-corrected chi connectivity index (χ0v) is 13.0. The number of aryl methyl sites for hydroxylation is 1. The van der Waals surface area contributed by atoms with Crippen molar-refractivity contribution >= 4 is 11.8 Å². The number of likely N-dealkylation sites (tertiary alicyclic amines) is 1. The van der Waals surface area contributed by atoms with Gasteiger partial charge < -0.3 is 15.1 Å². The molecule has 2 heterocycles. The van der Waals surface area contributed by atoms with Crippen LogP contribution in [-0.4, -0.2) is 60.4 Å². The van der Waals surface area contributed by atoms with Crippen LogP contribution in [-0.2, 0) is 4.79 Å². The lowest BCUT2D eigenvalue weighted by atomic mass is 10.0. The third-order valence-corrected chi connectivity index (χ3v) is 4.52. The molecule has 0 radical (unpaired) electrons. The SMILES string of the molecule is Cc1cccc(C(=O)N2CCCC(N3CCNCC3=O)C2)c1. The Kier molecular flexibility index (Phi) is 4.43. The summed E-state index contributed by atoms with van der Waals surface area (Å²) in [7, 11) is 0. The van der Waals surface area contributed by atoms with E-state index in [4.69, 9.17) is 0 Å². The fourth-order valence-corrected chi connectivity index (χ4v) is 3.36. The first-order valence-corrected chi connectivity index (χ1v) is 8.01. The first kappa shape index (κ1) is 15.0. The van der Waals surface area contributed by atoms with E-state index in [-0.39, 0.29) is 17.9 Å². The smallest absolute Gasteiger partial charge is 0.253 e. The van der Waals surface area contributed by atoms with E-state index in [9.17, 15) is 9.59 Å². The number of rotatable bonds is 2. The number of amides is 2. The number of nitrogens with zero attached hydrogens (tertiary/aromatic N) is 2. The number of piperazine rings is 1. The standard InChI is InChI=1S/C17H23N3O2/c1-13-4-2-5-14(10-13)17(22)19-8-3-6-15(12-19)20-9-7-18-11-16(20)21/h2,4-5,10,15,18H,3,6-9,11-12H2,1H3. The van der Waals surface area contributed by atoms with Crippen molar-refractivity contribution in [2.45, 2.75) is 25.8 Å². The zero-order chi connectivity index (χ0) is 15.5. The molecule has 2 fully saturated rings. The molecule has 2 aliphatic heterocycles. The van der Waals surface area contributed by atoms with Gasteiger partial charge in [-0.1, -0.05) is 17.7 Å². The largest absolute Gasteiger partial charge is 0.337 e. The number of hydrogen-bond donors (Lipinski definition) is 1. The van der Waals surface area contributed by atoms with Crippen molar-refractivity contribution < 1.29 is 9.59 Å². The van der Waals surface area contributed by atoms with Gasteiger partial charge in [0, 0.05) is 37.8 Å². The Bertz CT molecular complexity index is 573. The predicted molar refractivity (Wildman–Crippen MR) is 84.7 cm³/mol. The van der Waals surface area contributed by atoms with E-state index in [1.54, 1.807) is 0 Å². The van der Waals surface area contributed by atoms with Gasteiger partial charge in [0.05, 0.1) is 6.54 Å². The maximum atomic E-state index is 12.7. The zero-order valence-electron chi connectivity index (χ0n) is 13.0. The molecule has 2 aliphatic rings. The van der Waals surface area contributed by atoms with Crippen LogP contribution in [0.1, 0.15) is 28.8 Å². The molecule has 0 saturated carbocycles. The minimum Gasteiger partial charge on any atom is -0.337 e. The van der Waals surface area contributed by atoms with Crippen LogP contribution in [0.2, 0.25) is 0 Å². The predicted octanol–water partition coefficient (Wildman–Crippen LogP) is 1.03. The highest BCUT2D eigenvalue weighted by Gasteiger charge is 2.31. The van der Waals surface area contributed by atoms with Crippen molar-refractivity contribution in [1.29, 1.82) is 0 Å². The summed E-state index contributed by atoms with van der Waals surface area (Å²) in [4.78, 5) is 28.6. The summed E-state index contributed by atoms with van der Waals surface area (Å²) in [6.07, 6.45) is 1.95. The molecule has 2 amide bonds. The highest BCUT2D eigenvalue weighted by Crippen LogP contribution is 2.19. The average Bonchev–Trinajstić information content (AvgIpc) is 2.55. The number of nitrogens with one attached hydrogen (secondary N) is 1. The Balaban J connectivity index is 1.70. The van der Waals surface area contributed by atoms with E-state index >= 15 is 0 Å². The van der Waals surface area contributed by atoms with Gasteiger partial charge in [-0.25, -0.2) is 0 Å². The number of carbonyl (C=O) groups is 2. The van der Waals surface area contributed by atoms with Gasteiger partial charge in [0.15, 0.2) is 0 Å². The molecule has 5 heteroatoms. The summed E-state index contributed by atoms with van der Waals surface area (Å²) < 4.78 is 0. The molecule has 1 N–H and O–H groups in total. The van der Waals surface area contributed by atoms with Crippen LogP contribution in [0, 0.1) is 6.92 Å². The number of hydrogen-bond acceptors (Lipinski definition) is 3. The molecule has 1 atom stereocenters. The van der Waals surface area contributed by atoms with Gasteiger partial charge >= 0.3 is 0 Å². The Morgan fingerprint density at radius 3 is 2.95 bits per heavy atom. The monoisotopic (exact) mass is 301 g/mol. The van der Waals surface area contributed by atoms with Crippen LogP contribution in [0.4, 0.5) is 0 Å². The second-order valence-corrected chi connectivity index (χ2v) is 6.18. The van der Waals surface area contributed by atoms with Crippen molar-refractivity contribution in [2.24, 2.45) is 0 Å². The Morgan fingerprint density at radius 2 is 2.18 bits per heavy atom. The minimum atomic E-state index is 0.0796. The van der Waals surface area contributed by atoms with Crippen LogP contribution in [0.25, 0.3) is 0 Å². The molecule has 2 saturated heterocycles. The van der Waals surface area contributed by atoms with E-state index in [0.717, 1.165) is 43.6 Å². The minimum absolute atomic E-state index is 0.0796. The third-order valence-electron chi connectivity index (χ3n) is 4.52. The van der Waals surface area contributed by atoms with Gasteiger partial charge in [0.25, 0.3) is 5.91 Å². The van der Waals surface area contributed by atoms with Crippen molar-refractivity contribution in [3.05, 3.63) is 35.4 Å². The molecule has 3 rings (SSSR count). The molecule has 0 aliphatic carbocycles. The summed E-state index contributed by atoms with van der Waals surface area (Å²) in [5.74, 6) is 0.233. The highest BCUT2D eigenvalue weighted by atomic mass is 16.2. The van der Waals surface area contributed by atoms with Crippen molar-refractivity contribution in [2.75, 3.05) is 32.7 Å². The Morgan fingerprint density at radius 1 is 1.32 bits per heavy atom. The molecule has 1 aromatic rings. The van der Waals surface area contributed by atoms with Crippen LogP contribution >= 0.6 is 0 Å². The average molecular weight is 301 g/mol. The van der Waals surface area contributed by atoms with E-state index in [1.165, 1.54) is 0 Å². The Labute approximate surface area is 131 Å². The van der Waals surface area contributed by atoms with E-state index in [2.05, 4.69) is 5.32 Å². The topological polar surface area (TPSA) is 52.7 Å². The number of piperidine rings is 1. The van der Waals surface area contributed by atoms with Crippen LogP contribution in [0.5, 0.6) is 0 Å².